The van der Waals surface area contributed by atoms with Crippen molar-refractivity contribution in [1.82, 2.24) is 10.2 Å². The van der Waals surface area contributed by atoms with Gasteiger partial charge >= 0.3 is 0 Å². The minimum absolute atomic E-state index is 0.114. The van der Waals surface area contributed by atoms with Gasteiger partial charge in [0.1, 0.15) is 5.75 Å². The first-order valence-electron chi connectivity index (χ1n) is 14.0. The Hall–Kier alpha value is -3.36. The van der Waals surface area contributed by atoms with E-state index in [0.717, 1.165) is 36.3 Å². The molecule has 8 heteroatoms. The number of ether oxygens (including phenoxy) is 1. The highest BCUT2D eigenvalue weighted by molar-refractivity contribution is 7.92. The van der Waals surface area contributed by atoms with E-state index in [-0.39, 0.29) is 22.8 Å². The normalized spacial score (nSPS) is 17.8. The second-order valence-electron chi connectivity index (χ2n) is 11.9. The van der Waals surface area contributed by atoms with Crippen LogP contribution in [0, 0.1) is 6.92 Å². The third-order valence-electron chi connectivity index (χ3n) is 7.69. The van der Waals surface area contributed by atoms with Gasteiger partial charge in [0.25, 0.3) is 15.9 Å². The highest BCUT2D eigenvalue weighted by Crippen LogP contribution is 2.40. The minimum Gasteiger partial charge on any atom is -0.476 e. The average Bonchev–Trinajstić information content (AvgIpc) is 3.44. The minimum atomic E-state index is -3.93. The van der Waals surface area contributed by atoms with Crippen LogP contribution in [0.4, 0.5) is 5.69 Å². The van der Waals surface area contributed by atoms with Gasteiger partial charge in [-0.2, -0.15) is 0 Å². The number of hydrogen-bond acceptors (Lipinski definition) is 5. The summed E-state index contributed by atoms with van der Waals surface area (Å²) in [5.41, 5.74) is 4.45. The molecule has 0 aliphatic carbocycles. The summed E-state index contributed by atoms with van der Waals surface area (Å²) in [5.74, 6) is 0.0251. The summed E-state index contributed by atoms with van der Waals surface area (Å²) in [7, 11) is -3.93. The van der Waals surface area contributed by atoms with Gasteiger partial charge in [-0.05, 0) is 79.2 Å². The van der Waals surface area contributed by atoms with E-state index in [1.807, 2.05) is 31.2 Å². The predicted molar refractivity (Wildman–Crippen MR) is 158 cm³/mol. The van der Waals surface area contributed by atoms with E-state index in [2.05, 4.69) is 43.1 Å². The number of amides is 1. The Balaban J connectivity index is 1.34. The van der Waals surface area contributed by atoms with Crippen molar-refractivity contribution in [3.63, 3.8) is 0 Å². The molecule has 0 saturated carbocycles. The first-order chi connectivity index (χ1) is 19.0. The molecule has 3 aromatic rings. The fraction of sp³-hybridized carbons (Fsp3) is 0.406. The van der Waals surface area contributed by atoms with Gasteiger partial charge in [0.05, 0.1) is 17.1 Å². The molecular weight excluding hydrogens is 522 g/mol. The van der Waals surface area contributed by atoms with Crippen LogP contribution in [0.25, 0.3) is 0 Å². The van der Waals surface area contributed by atoms with Crippen LogP contribution in [0.5, 0.6) is 5.75 Å². The number of carbonyl (C=O) groups is 1. The van der Waals surface area contributed by atoms with Crippen molar-refractivity contribution in [2.45, 2.75) is 70.0 Å². The molecule has 0 bridgehead atoms. The van der Waals surface area contributed by atoms with Gasteiger partial charge in [-0.25, -0.2) is 8.42 Å². The van der Waals surface area contributed by atoms with Crippen LogP contribution in [0.2, 0.25) is 0 Å². The fourth-order valence-electron chi connectivity index (χ4n) is 5.18. The van der Waals surface area contributed by atoms with Crippen molar-refractivity contribution in [1.29, 1.82) is 0 Å². The topological polar surface area (TPSA) is 79.0 Å². The Kier molecular flexibility index (Phi) is 7.93. The molecule has 1 amide bonds. The van der Waals surface area contributed by atoms with Crippen molar-refractivity contribution >= 4 is 21.6 Å². The number of sulfonamides is 1. The van der Waals surface area contributed by atoms with Crippen molar-refractivity contribution in [3.8, 4) is 5.75 Å². The lowest BCUT2D eigenvalue weighted by molar-refractivity contribution is -0.127. The average molecular weight is 562 g/mol. The first kappa shape index (κ1) is 28.2. The zero-order valence-electron chi connectivity index (χ0n) is 23.8. The number of carbonyl (C=O) groups excluding carboxylic acids is 1. The largest absolute Gasteiger partial charge is 0.476 e. The van der Waals surface area contributed by atoms with Crippen LogP contribution in [0.1, 0.15) is 55.9 Å². The fourth-order valence-corrected chi connectivity index (χ4v) is 6.65. The molecule has 2 aliphatic rings. The predicted octanol–water partition coefficient (Wildman–Crippen LogP) is 5.16. The first-order valence-corrected chi connectivity index (χ1v) is 15.4. The molecule has 1 atom stereocenters. The van der Waals surface area contributed by atoms with Gasteiger partial charge in [0.15, 0.2) is 6.10 Å². The Labute approximate surface area is 238 Å². The summed E-state index contributed by atoms with van der Waals surface area (Å²) in [6.07, 6.45) is 1.54. The summed E-state index contributed by atoms with van der Waals surface area (Å²) in [6.45, 7) is 11.6. The van der Waals surface area contributed by atoms with E-state index in [4.69, 9.17) is 4.74 Å². The van der Waals surface area contributed by atoms with Gasteiger partial charge in [-0.15, -0.1) is 0 Å². The lowest BCUT2D eigenvalue weighted by Crippen LogP contribution is -2.50. The van der Waals surface area contributed by atoms with E-state index < -0.39 is 16.1 Å². The molecule has 0 spiro atoms. The maximum Gasteiger partial charge on any atom is 0.264 e. The van der Waals surface area contributed by atoms with Crippen LogP contribution in [-0.2, 0) is 33.3 Å². The Morgan fingerprint density at radius 3 is 2.25 bits per heavy atom. The number of likely N-dealkylation sites (tertiary alicyclic amines) is 1. The highest BCUT2D eigenvalue weighted by Gasteiger charge is 2.38. The number of nitrogens with one attached hydrogen (secondary N) is 1. The van der Waals surface area contributed by atoms with E-state index in [0.29, 0.717) is 18.0 Å². The second kappa shape index (κ2) is 11.3. The third-order valence-corrected chi connectivity index (χ3v) is 9.48. The number of nitrogens with zero attached hydrogens (tertiary/aromatic N) is 2. The van der Waals surface area contributed by atoms with E-state index in [1.165, 1.54) is 22.7 Å². The maximum absolute atomic E-state index is 13.9. The standard InChI is InChI=1S/C32H39N3O4S/c1-23-7-14-27(15-8-23)40(37,38)35-22-30(39-29-16-13-26(19-28(29)35)32(2,3)4)31(36)33-20-24-9-11-25(12-10-24)21-34-17-5-6-18-34/h7-16,19,30H,5-6,17-18,20-22H2,1-4H3,(H,33,36). The number of benzene rings is 3. The van der Waals surface area contributed by atoms with Crippen molar-refractivity contribution in [2.75, 3.05) is 23.9 Å². The molecule has 1 saturated heterocycles. The quantitative estimate of drug-likeness (QED) is 0.431. The Morgan fingerprint density at radius 1 is 0.950 bits per heavy atom. The van der Waals surface area contributed by atoms with Gasteiger partial charge < -0.3 is 10.1 Å². The summed E-state index contributed by atoms with van der Waals surface area (Å²) in [5, 5.41) is 2.95. The third kappa shape index (κ3) is 6.18. The van der Waals surface area contributed by atoms with Crippen molar-refractivity contribution in [3.05, 3.63) is 89.0 Å². The van der Waals surface area contributed by atoms with Crippen LogP contribution in [0.15, 0.2) is 71.6 Å². The van der Waals surface area contributed by atoms with Crippen LogP contribution in [0.3, 0.4) is 0 Å². The zero-order chi connectivity index (χ0) is 28.5. The molecule has 7 nitrogen and oxygen atoms in total. The number of fused-ring (bicyclic) bond motifs is 1. The van der Waals surface area contributed by atoms with E-state index in [1.54, 1.807) is 30.3 Å². The van der Waals surface area contributed by atoms with Gasteiger partial charge in [0, 0.05) is 13.1 Å². The molecule has 2 aliphatic heterocycles. The Morgan fingerprint density at radius 2 is 1.60 bits per heavy atom. The molecule has 0 aromatic heterocycles. The molecule has 40 heavy (non-hydrogen) atoms. The summed E-state index contributed by atoms with van der Waals surface area (Å²) >= 11 is 0. The molecule has 212 valence electrons. The summed E-state index contributed by atoms with van der Waals surface area (Å²) < 4.78 is 35.1. The van der Waals surface area contributed by atoms with Gasteiger partial charge in [0.2, 0.25) is 0 Å². The molecule has 3 aromatic carbocycles. The number of anilines is 1. The Bertz CT molecular complexity index is 1460. The molecule has 1 fully saturated rings. The van der Waals surface area contributed by atoms with Crippen molar-refractivity contribution < 1.29 is 17.9 Å². The summed E-state index contributed by atoms with van der Waals surface area (Å²) in [4.78, 5) is 15.9. The number of hydrogen-bond donors (Lipinski definition) is 1. The SMILES string of the molecule is Cc1ccc(S(=O)(=O)N2CC(C(=O)NCc3ccc(CN4CCCC4)cc3)Oc3ccc(C(C)(C)C)cc32)cc1. The molecular formula is C32H39N3O4S. The molecule has 5 rings (SSSR count). The van der Waals surface area contributed by atoms with Crippen molar-refractivity contribution in [2.24, 2.45) is 0 Å². The van der Waals surface area contributed by atoms with Gasteiger partial charge in [-0.1, -0.05) is 68.8 Å². The molecule has 1 N–H and O–H groups in total. The second-order valence-corrected chi connectivity index (χ2v) is 13.8. The van der Waals surface area contributed by atoms with E-state index >= 15 is 0 Å². The lowest BCUT2D eigenvalue weighted by atomic mass is 9.86. The lowest BCUT2D eigenvalue weighted by Gasteiger charge is -2.36. The zero-order valence-corrected chi connectivity index (χ0v) is 24.6. The monoisotopic (exact) mass is 561 g/mol. The number of aryl methyl sites for hydroxylation is 1. The van der Waals surface area contributed by atoms with Crippen LogP contribution in [-0.4, -0.2) is 45.0 Å². The smallest absolute Gasteiger partial charge is 0.264 e. The summed E-state index contributed by atoms with van der Waals surface area (Å²) in [6, 6.07) is 20.6. The van der Waals surface area contributed by atoms with Gasteiger partial charge in [-0.3, -0.25) is 14.0 Å². The van der Waals surface area contributed by atoms with Crippen LogP contribution >= 0.6 is 0 Å². The highest BCUT2D eigenvalue weighted by atomic mass is 32.2. The van der Waals surface area contributed by atoms with E-state index in [9.17, 15) is 13.2 Å². The maximum atomic E-state index is 13.9. The number of rotatable bonds is 7. The molecule has 0 radical (unpaired) electrons. The molecule has 1 unspecified atom stereocenters. The van der Waals surface area contributed by atoms with Crippen LogP contribution < -0.4 is 14.4 Å². The molecule has 2 heterocycles.